The van der Waals surface area contributed by atoms with Gasteiger partial charge in [-0.25, -0.2) is 8.78 Å². The van der Waals surface area contributed by atoms with E-state index in [4.69, 9.17) is 9.47 Å². The van der Waals surface area contributed by atoms with Gasteiger partial charge < -0.3 is 9.47 Å². The van der Waals surface area contributed by atoms with Crippen molar-refractivity contribution in [2.45, 2.75) is 6.92 Å². The Hall–Kier alpha value is -2.43. The number of carbonyl (C=O) groups excluding carboxylic acids is 1. The molecule has 0 aliphatic heterocycles. The van der Waals surface area contributed by atoms with Crippen molar-refractivity contribution in [3.63, 3.8) is 0 Å². The van der Waals surface area contributed by atoms with E-state index < -0.39 is 11.6 Å². The predicted molar refractivity (Wildman–Crippen MR) is 69.6 cm³/mol. The number of hydrogen-bond acceptors (Lipinski definition) is 3. The van der Waals surface area contributed by atoms with E-state index in [1.54, 1.807) is 25.1 Å². The number of halogens is 2. The summed E-state index contributed by atoms with van der Waals surface area (Å²) in [5, 5.41) is 0. The summed E-state index contributed by atoms with van der Waals surface area (Å²) in [5.41, 5.74) is 0.312. The van der Waals surface area contributed by atoms with Gasteiger partial charge in [0, 0.05) is 11.6 Å². The molecule has 0 spiro atoms. The van der Waals surface area contributed by atoms with Crippen LogP contribution in [0.1, 0.15) is 15.9 Å². The highest BCUT2D eigenvalue weighted by Crippen LogP contribution is 2.32. The lowest BCUT2D eigenvalue weighted by Gasteiger charge is -2.12. The minimum Gasteiger partial charge on any atom is -0.496 e. The van der Waals surface area contributed by atoms with Crippen molar-refractivity contribution in [1.82, 2.24) is 0 Å². The third kappa shape index (κ3) is 2.61. The van der Waals surface area contributed by atoms with Gasteiger partial charge in [-0.05, 0) is 25.1 Å². The van der Waals surface area contributed by atoms with Crippen LogP contribution in [0.4, 0.5) is 8.78 Å². The fraction of sp³-hybridized carbons (Fsp3) is 0.133. The number of carbonyl (C=O) groups is 1. The summed E-state index contributed by atoms with van der Waals surface area (Å²) in [6, 6.07) is 6.66. The van der Waals surface area contributed by atoms with Gasteiger partial charge in [-0.3, -0.25) is 4.79 Å². The molecular weight excluding hydrogens is 266 g/mol. The fourth-order valence-electron chi connectivity index (χ4n) is 1.76. The first-order chi connectivity index (χ1) is 9.56. The third-order valence-corrected chi connectivity index (χ3v) is 2.85. The summed E-state index contributed by atoms with van der Waals surface area (Å²) >= 11 is 0. The topological polar surface area (TPSA) is 35.5 Å². The Labute approximate surface area is 114 Å². The molecule has 104 valence electrons. The first-order valence-electron chi connectivity index (χ1n) is 5.82. The minimum absolute atomic E-state index is 0.249. The van der Waals surface area contributed by atoms with Gasteiger partial charge in [0.1, 0.15) is 17.3 Å². The monoisotopic (exact) mass is 278 g/mol. The molecule has 0 aliphatic carbocycles. The molecule has 0 radical (unpaired) electrons. The van der Waals surface area contributed by atoms with E-state index in [1.165, 1.54) is 7.11 Å². The molecule has 2 aromatic rings. The van der Waals surface area contributed by atoms with Crippen LogP contribution in [0.25, 0.3) is 0 Å². The number of aldehydes is 1. The van der Waals surface area contributed by atoms with Gasteiger partial charge in [-0.1, -0.05) is 6.07 Å². The maximum absolute atomic E-state index is 13.7. The van der Waals surface area contributed by atoms with Crippen LogP contribution in [0.3, 0.4) is 0 Å². The average molecular weight is 278 g/mol. The summed E-state index contributed by atoms with van der Waals surface area (Å²) in [5.74, 6) is -1.01. The Balaban J connectivity index is 2.40. The van der Waals surface area contributed by atoms with Crippen molar-refractivity contribution in [3.05, 3.63) is 53.1 Å². The van der Waals surface area contributed by atoms with Gasteiger partial charge >= 0.3 is 0 Å². The summed E-state index contributed by atoms with van der Waals surface area (Å²) < 4.78 is 37.7. The first kappa shape index (κ1) is 14.0. The molecule has 0 aromatic heterocycles. The van der Waals surface area contributed by atoms with Crippen molar-refractivity contribution in [1.29, 1.82) is 0 Å². The summed E-state index contributed by atoms with van der Waals surface area (Å²) in [4.78, 5) is 10.5. The lowest BCUT2D eigenvalue weighted by Crippen LogP contribution is -1.96. The van der Waals surface area contributed by atoms with E-state index in [2.05, 4.69) is 0 Å². The van der Waals surface area contributed by atoms with Crippen molar-refractivity contribution >= 4 is 6.29 Å². The summed E-state index contributed by atoms with van der Waals surface area (Å²) in [6.07, 6.45) is 0.249. The highest BCUT2D eigenvalue weighted by Gasteiger charge is 2.13. The number of methoxy groups -OCH3 is 1. The molecule has 3 nitrogen and oxygen atoms in total. The smallest absolute Gasteiger partial charge is 0.166 e. The molecule has 0 fully saturated rings. The quantitative estimate of drug-likeness (QED) is 0.796. The molecule has 0 saturated carbocycles. The molecule has 2 aromatic carbocycles. The van der Waals surface area contributed by atoms with Crippen molar-refractivity contribution < 1.29 is 23.0 Å². The van der Waals surface area contributed by atoms with E-state index in [0.717, 1.165) is 12.1 Å². The molecule has 0 N–H and O–H groups in total. The highest BCUT2D eigenvalue weighted by atomic mass is 19.1. The number of rotatable bonds is 4. The zero-order chi connectivity index (χ0) is 14.7. The number of benzene rings is 2. The van der Waals surface area contributed by atoms with E-state index in [-0.39, 0.29) is 17.6 Å². The predicted octanol–water partition coefficient (Wildman–Crippen LogP) is 3.89. The average Bonchev–Trinajstić information content (AvgIpc) is 2.44. The molecular formula is C15H12F2O3. The van der Waals surface area contributed by atoms with Crippen molar-refractivity contribution in [2.75, 3.05) is 7.11 Å². The number of hydrogen-bond donors (Lipinski definition) is 0. The van der Waals surface area contributed by atoms with Crippen LogP contribution in [0.5, 0.6) is 17.2 Å². The van der Waals surface area contributed by atoms with Crippen molar-refractivity contribution in [3.8, 4) is 17.2 Å². The molecule has 0 aliphatic rings. The van der Waals surface area contributed by atoms with Crippen LogP contribution >= 0.6 is 0 Å². The molecule has 0 heterocycles. The summed E-state index contributed by atoms with van der Waals surface area (Å²) in [7, 11) is 1.51. The Bertz CT molecular complexity index is 654. The molecule has 0 bridgehead atoms. The SMILES string of the molecule is COc1cccc(Oc2cc(F)c(C=O)cc2F)c1C. The van der Waals surface area contributed by atoms with Crippen LogP contribution in [-0.4, -0.2) is 13.4 Å². The molecule has 0 amide bonds. The van der Waals surface area contributed by atoms with E-state index in [0.29, 0.717) is 17.1 Å². The Kier molecular flexibility index (Phi) is 3.98. The van der Waals surface area contributed by atoms with Crippen LogP contribution < -0.4 is 9.47 Å². The van der Waals surface area contributed by atoms with Crippen molar-refractivity contribution in [2.24, 2.45) is 0 Å². The maximum atomic E-state index is 13.7. The molecule has 0 saturated heterocycles. The maximum Gasteiger partial charge on any atom is 0.166 e. The molecule has 5 heteroatoms. The zero-order valence-electron chi connectivity index (χ0n) is 10.9. The molecule has 0 atom stereocenters. The van der Waals surface area contributed by atoms with Crippen LogP contribution in [0, 0.1) is 18.6 Å². The van der Waals surface area contributed by atoms with E-state index in [1.807, 2.05) is 0 Å². The van der Waals surface area contributed by atoms with Crippen LogP contribution in [0.15, 0.2) is 30.3 Å². The van der Waals surface area contributed by atoms with E-state index in [9.17, 15) is 13.6 Å². The standard InChI is InChI=1S/C15H12F2O3/c1-9-13(19-2)4-3-5-14(9)20-15-7-11(16)10(8-18)6-12(15)17/h3-8H,1-2H3. The first-order valence-corrected chi connectivity index (χ1v) is 5.82. The Morgan fingerprint density at radius 2 is 1.75 bits per heavy atom. The normalized spacial score (nSPS) is 10.2. The highest BCUT2D eigenvalue weighted by molar-refractivity contribution is 5.75. The van der Waals surface area contributed by atoms with E-state index >= 15 is 0 Å². The zero-order valence-corrected chi connectivity index (χ0v) is 10.9. The largest absolute Gasteiger partial charge is 0.496 e. The molecule has 2 rings (SSSR count). The third-order valence-electron chi connectivity index (χ3n) is 2.85. The van der Waals surface area contributed by atoms with Gasteiger partial charge in [-0.2, -0.15) is 0 Å². The van der Waals surface area contributed by atoms with Gasteiger partial charge in [0.2, 0.25) is 0 Å². The lowest BCUT2D eigenvalue weighted by molar-refractivity contribution is 0.111. The summed E-state index contributed by atoms with van der Waals surface area (Å²) in [6.45, 7) is 1.74. The number of ether oxygens (including phenoxy) is 2. The van der Waals surface area contributed by atoms with Gasteiger partial charge in [0.15, 0.2) is 17.9 Å². The van der Waals surface area contributed by atoms with Crippen LogP contribution in [0.2, 0.25) is 0 Å². The van der Waals surface area contributed by atoms with Crippen LogP contribution in [-0.2, 0) is 0 Å². The minimum atomic E-state index is -0.836. The van der Waals surface area contributed by atoms with Gasteiger partial charge in [-0.15, -0.1) is 0 Å². The van der Waals surface area contributed by atoms with Gasteiger partial charge in [0.05, 0.1) is 12.7 Å². The van der Waals surface area contributed by atoms with Gasteiger partial charge in [0.25, 0.3) is 0 Å². The second-order valence-electron chi connectivity index (χ2n) is 4.11. The fourth-order valence-corrected chi connectivity index (χ4v) is 1.76. The second kappa shape index (κ2) is 5.69. The molecule has 0 unspecified atom stereocenters. The second-order valence-corrected chi connectivity index (χ2v) is 4.11. The molecule has 20 heavy (non-hydrogen) atoms. The Morgan fingerprint density at radius 3 is 2.40 bits per heavy atom. The lowest BCUT2D eigenvalue weighted by atomic mass is 10.2. The Morgan fingerprint density at radius 1 is 1.05 bits per heavy atom.